The van der Waals surface area contributed by atoms with E-state index in [1.54, 1.807) is 24.0 Å². The summed E-state index contributed by atoms with van der Waals surface area (Å²) >= 11 is 0. The number of aryl methyl sites for hydroxylation is 1. The molecule has 3 aromatic rings. The van der Waals surface area contributed by atoms with Crippen LogP contribution in [0.3, 0.4) is 0 Å². The number of benzene rings is 2. The number of para-hydroxylation sites is 1. The summed E-state index contributed by atoms with van der Waals surface area (Å²) < 4.78 is 79.3. The van der Waals surface area contributed by atoms with Gasteiger partial charge in [0.05, 0.1) is 23.9 Å². The van der Waals surface area contributed by atoms with Gasteiger partial charge in [0.2, 0.25) is 5.91 Å². The van der Waals surface area contributed by atoms with Gasteiger partial charge in [-0.1, -0.05) is 18.2 Å². The minimum Gasteiger partial charge on any atom is -0.496 e. The SMILES string of the molecule is COc1c(C)cccc1-c1c(C(F)(F)F)cc2c(N(N)C3CCN(C(=O)/C=C/CF)CC3)c(N)c(N3CC(C)(N(C)C)C3)nc2c1F. The lowest BCUT2D eigenvalue weighted by molar-refractivity contribution is -0.137. The number of anilines is 3. The number of nitrogens with two attached hydrogens (primary N) is 2. The standard InChI is InChI=1S/C33H40F5N7O2/c1-19-8-6-9-21(30(19)47-5)25-23(33(36,37)38)16-22-28(26(25)35)41-31(44-17-32(2,18-44)42(3)4)27(39)29(22)45(40)20-11-14-43(15-12-20)24(46)10-7-13-34/h6-10,16,20H,11-15,17-18,39-40H2,1-5H3/b10-7+. The third-order valence-electron chi connectivity index (χ3n) is 9.42. The molecule has 254 valence electrons. The quantitative estimate of drug-likeness (QED) is 0.145. The molecule has 3 heterocycles. The van der Waals surface area contributed by atoms with Crippen molar-refractivity contribution in [1.82, 2.24) is 14.8 Å². The first kappa shape index (κ1) is 34.2. The summed E-state index contributed by atoms with van der Waals surface area (Å²) in [5.41, 5.74) is 4.79. The molecule has 0 atom stereocenters. The molecule has 4 N–H and O–H groups in total. The number of amides is 1. The highest BCUT2D eigenvalue weighted by molar-refractivity contribution is 6.04. The number of halogens is 5. The summed E-state index contributed by atoms with van der Waals surface area (Å²) in [6.07, 6.45) is -1.98. The number of pyridine rings is 1. The van der Waals surface area contributed by atoms with Crippen molar-refractivity contribution in [3.8, 4) is 16.9 Å². The van der Waals surface area contributed by atoms with Crippen molar-refractivity contribution in [2.24, 2.45) is 5.84 Å². The summed E-state index contributed by atoms with van der Waals surface area (Å²) in [6, 6.07) is 4.99. The Bertz CT molecular complexity index is 1700. The molecule has 14 heteroatoms. The van der Waals surface area contributed by atoms with E-state index in [1.807, 2.05) is 30.8 Å². The number of methoxy groups -OCH3 is 1. The normalized spacial score (nSPS) is 17.1. The number of piperidine rings is 1. The first-order chi connectivity index (χ1) is 22.1. The molecular formula is C33H40F5N7O2. The van der Waals surface area contributed by atoms with Crippen LogP contribution in [0.4, 0.5) is 39.1 Å². The van der Waals surface area contributed by atoms with Crippen molar-refractivity contribution < 1.29 is 31.5 Å². The molecule has 2 aliphatic rings. The smallest absolute Gasteiger partial charge is 0.417 e. The van der Waals surface area contributed by atoms with Crippen molar-refractivity contribution in [2.75, 3.05) is 69.7 Å². The third kappa shape index (κ3) is 6.16. The highest BCUT2D eigenvalue weighted by Gasteiger charge is 2.44. The number of carbonyl (C=O) groups is 1. The van der Waals surface area contributed by atoms with E-state index >= 15 is 4.39 Å². The number of allylic oxidation sites excluding steroid dienone is 1. The molecule has 2 aliphatic heterocycles. The van der Waals surface area contributed by atoms with E-state index in [9.17, 15) is 22.4 Å². The zero-order chi connectivity index (χ0) is 34.4. The van der Waals surface area contributed by atoms with E-state index in [0.717, 1.165) is 18.2 Å². The number of likely N-dealkylation sites (tertiary alicyclic amines) is 1. The van der Waals surface area contributed by atoms with Crippen LogP contribution in [0.2, 0.25) is 0 Å². The molecule has 0 spiro atoms. The maximum atomic E-state index is 16.9. The summed E-state index contributed by atoms with van der Waals surface area (Å²) in [5.74, 6) is 5.50. The van der Waals surface area contributed by atoms with Crippen LogP contribution >= 0.6 is 0 Å². The largest absolute Gasteiger partial charge is 0.496 e. The second kappa shape index (κ2) is 12.8. The summed E-state index contributed by atoms with van der Waals surface area (Å²) in [5, 5.41) is 1.11. The zero-order valence-corrected chi connectivity index (χ0v) is 27.1. The van der Waals surface area contributed by atoms with E-state index in [1.165, 1.54) is 18.2 Å². The fourth-order valence-electron chi connectivity index (χ4n) is 6.48. The average Bonchev–Trinajstić information content (AvgIpc) is 3.01. The fraction of sp³-hybridized carbons (Fsp3) is 0.455. The number of carbonyl (C=O) groups excluding carboxylic acids is 1. The highest BCUT2D eigenvalue weighted by atomic mass is 19.4. The van der Waals surface area contributed by atoms with Crippen LogP contribution in [0.15, 0.2) is 36.4 Å². The van der Waals surface area contributed by atoms with Gasteiger partial charge in [-0.3, -0.25) is 4.79 Å². The third-order valence-corrected chi connectivity index (χ3v) is 9.42. The van der Waals surface area contributed by atoms with Crippen molar-refractivity contribution in [3.05, 3.63) is 53.4 Å². The predicted molar refractivity (Wildman–Crippen MR) is 174 cm³/mol. The van der Waals surface area contributed by atoms with Crippen LogP contribution in [0.25, 0.3) is 22.0 Å². The van der Waals surface area contributed by atoms with Crippen molar-refractivity contribution in [2.45, 2.75) is 44.4 Å². The molecule has 0 saturated carbocycles. The lowest BCUT2D eigenvalue weighted by atomic mass is 9.90. The molecule has 1 aromatic heterocycles. The Labute approximate surface area is 270 Å². The minimum absolute atomic E-state index is 0.0257. The fourth-order valence-corrected chi connectivity index (χ4v) is 6.48. The van der Waals surface area contributed by atoms with Gasteiger partial charge in [-0.15, -0.1) is 0 Å². The van der Waals surface area contributed by atoms with Crippen LogP contribution in [0.5, 0.6) is 5.75 Å². The minimum atomic E-state index is -4.97. The maximum Gasteiger partial charge on any atom is 0.417 e. The number of ether oxygens (including phenoxy) is 1. The maximum absolute atomic E-state index is 16.9. The van der Waals surface area contributed by atoms with Gasteiger partial charge in [0, 0.05) is 54.8 Å². The van der Waals surface area contributed by atoms with E-state index in [4.69, 9.17) is 16.3 Å². The number of hydrazine groups is 1. The molecule has 2 fully saturated rings. The molecule has 0 aliphatic carbocycles. The van der Waals surface area contributed by atoms with Crippen LogP contribution in [-0.2, 0) is 11.0 Å². The Kier molecular flexibility index (Phi) is 9.30. The first-order valence-electron chi connectivity index (χ1n) is 15.3. The number of nitrogens with zero attached hydrogens (tertiary/aromatic N) is 5. The van der Waals surface area contributed by atoms with Crippen molar-refractivity contribution >= 4 is 34.0 Å². The number of likely N-dealkylation sites (N-methyl/N-ethyl adjacent to an activating group) is 1. The number of hydrogen-bond acceptors (Lipinski definition) is 8. The Morgan fingerprint density at radius 3 is 2.45 bits per heavy atom. The second-order valence-electron chi connectivity index (χ2n) is 12.6. The van der Waals surface area contributed by atoms with Crippen LogP contribution in [0.1, 0.15) is 30.9 Å². The van der Waals surface area contributed by atoms with E-state index in [-0.39, 0.29) is 63.9 Å². The number of fused-ring (bicyclic) bond motifs is 1. The lowest BCUT2D eigenvalue weighted by Gasteiger charge is -2.52. The molecule has 2 aromatic carbocycles. The van der Waals surface area contributed by atoms with Crippen molar-refractivity contribution in [3.63, 3.8) is 0 Å². The summed E-state index contributed by atoms with van der Waals surface area (Å²) in [4.78, 5) is 22.4. The molecule has 9 nitrogen and oxygen atoms in total. The Morgan fingerprint density at radius 1 is 1.21 bits per heavy atom. The van der Waals surface area contributed by atoms with Gasteiger partial charge in [-0.25, -0.2) is 19.6 Å². The molecule has 0 bridgehead atoms. The molecule has 2 saturated heterocycles. The second-order valence-corrected chi connectivity index (χ2v) is 12.6. The number of nitrogen functional groups attached to an aromatic ring is 1. The topological polar surface area (TPSA) is 104 Å². The van der Waals surface area contributed by atoms with Gasteiger partial charge in [0.25, 0.3) is 0 Å². The Hall–Kier alpha value is -4.17. The lowest BCUT2D eigenvalue weighted by Crippen LogP contribution is -2.67. The molecule has 1 amide bonds. The molecule has 5 rings (SSSR count). The Morgan fingerprint density at radius 2 is 1.87 bits per heavy atom. The van der Waals surface area contributed by atoms with Crippen LogP contribution < -0.4 is 26.2 Å². The Balaban J connectivity index is 1.70. The van der Waals surface area contributed by atoms with Gasteiger partial charge < -0.3 is 30.2 Å². The van der Waals surface area contributed by atoms with Gasteiger partial charge >= 0.3 is 6.18 Å². The van der Waals surface area contributed by atoms with Crippen LogP contribution in [0, 0.1) is 12.7 Å². The van der Waals surface area contributed by atoms with Crippen molar-refractivity contribution in [1.29, 1.82) is 0 Å². The summed E-state index contributed by atoms with van der Waals surface area (Å²) in [6.45, 7) is 4.47. The zero-order valence-electron chi connectivity index (χ0n) is 27.1. The number of rotatable bonds is 8. The molecule has 0 radical (unpaired) electrons. The number of alkyl halides is 4. The van der Waals surface area contributed by atoms with Crippen LogP contribution in [-0.4, -0.2) is 86.3 Å². The van der Waals surface area contributed by atoms with Gasteiger partial charge in [0.1, 0.15) is 23.6 Å². The summed E-state index contributed by atoms with van der Waals surface area (Å²) in [7, 11) is 5.19. The van der Waals surface area contributed by atoms with Gasteiger partial charge in [-0.2, -0.15) is 13.2 Å². The number of aromatic nitrogens is 1. The van der Waals surface area contributed by atoms with E-state index in [2.05, 4.69) is 4.98 Å². The molecule has 0 unspecified atom stereocenters. The number of hydrogen-bond donors (Lipinski definition) is 2. The molecular weight excluding hydrogens is 621 g/mol. The van der Waals surface area contributed by atoms with Gasteiger partial charge in [-0.05, 0) is 58.5 Å². The van der Waals surface area contributed by atoms with E-state index in [0.29, 0.717) is 31.5 Å². The predicted octanol–water partition coefficient (Wildman–Crippen LogP) is 5.30. The van der Waals surface area contributed by atoms with E-state index < -0.39 is 35.8 Å². The van der Waals surface area contributed by atoms with Gasteiger partial charge in [0.15, 0.2) is 11.6 Å². The average molecular weight is 662 g/mol. The molecule has 47 heavy (non-hydrogen) atoms. The highest BCUT2D eigenvalue weighted by Crippen LogP contribution is 2.49. The monoisotopic (exact) mass is 661 g/mol. The first-order valence-corrected chi connectivity index (χ1v) is 15.3.